The third kappa shape index (κ3) is 4.78. The van der Waals surface area contributed by atoms with Crippen molar-refractivity contribution in [1.82, 2.24) is 0 Å². The van der Waals surface area contributed by atoms with Gasteiger partial charge in [-0.1, -0.05) is 12.7 Å². The molecule has 0 aromatic heterocycles. The number of benzene rings is 1. The Morgan fingerprint density at radius 2 is 1.67 bits per heavy atom. The van der Waals surface area contributed by atoms with E-state index < -0.39 is 25.7 Å². The van der Waals surface area contributed by atoms with Gasteiger partial charge < -0.3 is 9.79 Å². The Morgan fingerprint density at radius 3 is 2.07 bits per heavy atom. The van der Waals surface area contributed by atoms with Gasteiger partial charge in [0.2, 0.25) is 0 Å². The number of rotatable bonds is 1. The van der Waals surface area contributed by atoms with E-state index in [2.05, 4.69) is 6.58 Å². The largest absolute Gasteiger partial charge is 0.326 e. The molecule has 1 rings (SSSR count). The Labute approximate surface area is 84.4 Å². The molecule has 0 unspecified atom stereocenters. The Kier molecular flexibility index (Phi) is 5.93. The average molecular weight is 240 g/mol. The molecule has 0 saturated carbocycles. The Bertz CT molecular complexity index is 378. The van der Waals surface area contributed by atoms with Gasteiger partial charge in [0.25, 0.3) is 0 Å². The van der Waals surface area contributed by atoms with Crippen LogP contribution in [0, 0.1) is 17.5 Å². The highest BCUT2D eigenvalue weighted by Gasteiger charge is 2.10. The zero-order chi connectivity index (χ0) is 12.0. The summed E-state index contributed by atoms with van der Waals surface area (Å²) < 4.78 is 45.9. The zero-order valence-electron chi connectivity index (χ0n) is 7.38. The third-order valence-electron chi connectivity index (χ3n) is 1.28. The second-order valence-corrected chi connectivity index (χ2v) is 2.82. The van der Waals surface area contributed by atoms with Crippen molar-refractivity contribution in [3.05, 3.63) is 41.7 Å². The molecule has 84 valence electrons. The molecular formula is C8H8F3O3P. The fourth-order valence-corrected chi connectivity index (χ4v) is 0.698. The van der Waals surface area contributed by atoms with Gasteiger partial charge >= 0.3 is 8.25 Å². The summed E-state index contributed by atoms with van der Waals surface area (Å²) in [7, 11) is -3.13. The first-order chi connectivity index (χ1) is 6.90. The summed E-state index contributed by atoms with van der Waals surface area (Å²) in [6.45, 7) is 3.23. The highest BCUT2D eigenvalue weighted by atomic mass is 31.1. The van der Waals surface area contributed by atoms with Crippen LogP contribution in [0.25, 0.3) is 6.08 Å². The lowest BCUT2D eigenvalue weighted by molar-refractivity contribution is 0.405. The van der Waals surface area contributed by atoms with Crippen LogP contribution in [0.5, 0.6) is 0 Å². The van der Waals surface area contributed by atoms with Gasteiger partial charge in [0.15, 0.2) is 17.5 Å². The minimum atomic E-state index is -3.13. The van der Waals surface area contributed by atoms with E-state index in [1.54, 1.807) is 0 Å². The Hall–Kier alpha value is -1.10. The molecule has 1 aromatic rings. The summed E-state index contributed by atoms with van der Waals surface area (Å²) in [5.74, 6) is -3.84. The first-order valence-corrected chi connectivity index (χ1v) is 4.88. The summed E-state index contributed by atoms with van der Waals surface area (Å²) in [6, 6.07) is 1.98. The smallest absolute Gasteiger partial charge is 0.314 e. The molecule has 0 amide bonds. The Morgan fingerprint density at radius 1 is 1.20 bits per heavy atom. The van der Waals surface area contributed by atoms with E-state index in [4.69, 9.17) is 14.4 Å². The SMILES string of the molecule is C=Cc1ccc(F)c(F)c1F.O=[PH](O)O. The lowest BCUT2D eigenvalue weighted by Crippen LogP contribution is -1.92. The first kappa shape index (κ1) is 13.9. The minimum absolute atomic E-state index is 0.0381. The molecule has 0 aliphatic heterocycles. The molecule has 0 aliphatic rings. The molecule has 0 atom stereocenters. The topological polar surface area (TPSA) is 57.5 Å². The second-order valence-electron chi connectivity index (χ2n) is 2.25. The zero-order valence-corrected chi connectivity index (χ0v) is 8.38. The van der Waals surface area contributed by atoms with Gasteiger partial charge in [-0.25, -0.2) is 13.2 Å². The molecule has 0 heterocycles. The van der Waals surface area contributed by atoms with E-state index in [9.17, 15) is 13.2 Å². The van der Waals surface area contributed by atoms with Gasteiger partial charge in [0.05, 0.1) is 0 Å². The number of hydrogen-bond donors (Lipinski definition) is 2. The second kappa shape index (κ2) is 6.40. The van der Waals surface area contributed by atoms with Crippen LogP contribution < -0.4 is 0 Å². The van der Waals surface area contributed by atoms with Crippen LogP contribution in [0.2, 0.25) is 0 Å². The first-order valence-electron chi connectivity index (χ1n) is 3.58. The van der Waals surface area contributed by atoms with Crippen LogP contribution in [0.1, 0.15) is 5.56 Å². The van der Waals surface area contributed by atoms with Crippen LogP contribution in [-0.4, -0.2) is 9.79 Å². The van der Waals surface area contributed by atoms with Gasteiger partial charge in [-0.15, -0.1) is 0 Å². The van der Waals surface area contributed by atoms with E-state index in [0.717, 1.165) is 18.2 Å². The normalized spacial score (nSPS) is 9.47. The van der Waals surface area contributed by atoms with Gasteiger partial charge in [-0.05, 0) is 12.1 Å². The van der Waals surface area contributed by atoms with E-state index in [-0.39, 0.29) is 5.56 Å². The molecule has 0 saturated heterocycles. The van der Waals surface area contributed by atoms with Gasteiger partial charge in [-0.3, -0.25) is 4.57 Å². The Balaban J connectivity index is 0.000000423. The molecule has 3 nitrogen and oxygen atoms in total. The molecule has 0 bridgehead atoms. The van der Waals surface area contributed by atoms with Crippen LogP contribution >= 0.6 is 8.25 Å². The van der Waals surface area contributed by atoms with Gasteiger partial charge in [-0.2, -0.15) is 0 Å². The number of halogens is 3. The highest BCUT2D eigenvalue weighted by Crippen LogP contribution is 2.15. The maximum absolute atomic E-state index is 12.6. The van der Waals surface area contributed by atoms with Crippen molar-refractivity contribution in [2.24, 2.45) is 0 Å². The fourth-order valence-electron chi connectivity index (χ4n) is 0.698. The molecule has 2 N–H and O–H groups in total. The molecular weight excluding hydrogens is 232 g/mol. The van der Waals surface area contributed by atoms with Crippen molar-refractivity contribution in [1.29, 1.82) is 0 Å². The fraction of sp³-hybridized carbons (Fsp3) is 0. The summed E-state index contributed by atoms with van der Waals surface area (Å²) >= 11 is 0. The monoisotopic (exact) mass is 240 g/mol. The van der Waals surface area contributed by atoms with Crippen molar-refractivity contribution in [2.45, 2.75) is 0 Å². The molecule has 0 spiro atoms. The van der Waals surface area contributed by atoms with Gasteiger partial charge in [0.1, 0.15) is 0 Å². The molecule has 7 heteroatoms. The molecule has 0 aliphatic carbocycles. The van der Waals surface area contributed by atoms with Crippen molar-refractivity contribution in [2.75, 3.05) is 0 Å². The lowest BCUT2D eigenvalue weighted by atomic mass is 10.2. The van der Waals surface area contributed by atoms with E-state index in [1.165, 1.54) is 0 Å². The lowest BCUT2D eigenvalue weighted by Gasteiger charge is -1.97. The van der Waals surface area contributed by atoms with Crippen molar-refractivity contribution < 1.29 is 27.5 Å². The van der Waals surface area contributed by atoms with Crippen LogP contribution in [0.15, 0.2) is 18.7 Å². The van der Waals surface area contributed by atoms with Crippen LogP contribution in [0.3, 0.4) is 0 Å². The van der Waals surface area contributed by atoms with Crippen molar-refractivity contribution >= 4 is 14.3 Å². The molecule has 0 radical (unpaired) electrons. The maximum Gasteiger partial charge on any atom is 0.314 e. The third-order valence-corrected chi connectivity index (χ3v) is 1.28. The number of hydrogen-bond acceptors (Lipinski definition) is 1. The summed E-state index contributed by atoms with van der Waals surface area (Å²) in [6.07, 6.45) is 1.12. The van der Waals surface area contributed by atoms with Crippen LogP contribution in [0.4, 0.5) is 13.2 Å². The summed E-state index contributed by atoms with van der Waals surface area (Å²) in [4.78, 5) is 14.3. The quantitative estimate of drug-likeness (QED) is 0.583. The van der Waals surface area contributed by atoms with Gasteiger partial charge in [0, 0.05) is 5.56 Å². The molecule has 1 aromatic carbocycles. The van der Waals surface area contributed by atoms with Crippen LogP contribution in [-0.2, 0) is 4.57 Å². The van der Waals surface area contributed by atoms with E-state index in [0.29, 0.717) is 0 Å². The predicted octanol–water partition coefficient (Wildman–Crippen LogP) is 2.11. The maximum atomic E-state index is 12.6. The minimum Gasteiger partial charge on any atom is -0.326 e. The summed E-state index contributed by atoms with van der Waals surface area (Å²) in [5.41, 5.74) is -0.0381. The standard InChI is InChI=1S/C8H5F3.H3O3P/c1-2-5-3-4-6(9)8(11)7(5)10;1-4(2)3/h2-4H,1H2;4H,(H2,1,2,3). The predicted molar refractivity (Wildman–Crippen MR) is 49.8 cm³/mol. The molecule has 0 fully saturated rings. The summed E-state index contributed by atoms with van der Waals surface area (Å²) in [5, 5.41) is 0. The van der Waals surface area contributed by atoms with Crippen molar-refractivity contribution in [3.8, 4) is 0 Å². The highest BCUT2D eigenvalue weighted by molar-refractivity contribution is 7.30. The van der Waals surface area contributed by atoms with Crippen molar-refractivity contribution in [3.63, 3.8) is 0 Å². The van der Waals surface area contributed by atoms with E-state index in [1.807, 2.05) is 0 Å². The van der Waals surface area contributed by atoms with E-state index >= 15 is 0 Å². The molecule has 15 heavy (non-hydrogen) atoms. The average Bonchev–Trinajstić information content (AvgIpc) is 2.14.